The van der Waals surface area contributed by atoms with Gasteiger partial charge in [-0.2, -0.15) is 0 Å². The molecule has 5 nitrogen and oxygen atoms in total. The number of carbonyl (C=O) groups is 1. The number of amides is 2. The first-order valence-electron chi connectivity index (χ1n) is 9.28. The highest BCUT2D eigenvalue weighted by atomic mass is 16.3. The minimum atomic E-state index is -0.0954. The van der Waals surface area contributed by atoms with Gasteiger partial charge in [-0.25, -0.2) is 4.79 Å². The Morgan fingerprint density at radius 2 is 2.00 bits per heavy atom. The number of urea groups is 1. The molecule has 1 heterocycles. The van der Waals surface area contributed by atoms with Crippen LogP contribution in [0.5, 0.6) is 0 Å². The van der Waals surface area contributed by atoms with E-state index in [1.165, 1.54) is 5.56 Å². The van der Waals surface area contributed by atoms with Crippen molar-refractivity contribution in [2.24, 2.45) is 5.92 Å². The Kier molecular flexibility index (Phi) is 6.10. The SMILES string of the molecule is CC1CC(NC(=O)N[C@@H]2C=C[C@H](CO)C2)CCN1Cc1ccccc1. The first-order valence-corrected chi connectivity index (χ1v) is 9.28. The predicted octanol–water partition coefficient (Wildman–Crippen LogP) is 2.28. The summed E-state index contributed by atoms with van der Waals surface area (Å²) in [6, 6.07) is 11.2. The summed E-state index contributed by atoms with van der Waals surface area (Å²) in [7, 11) is 0. The second kappa shape index (κ2) is 8.50. The van der Waals surface area contributed by atoms with Gasteiger partial charge in [-0.05, 0) is 31.7 Å². The van der Waals surface area contributed by atoms with E-state index in [0.717, 1.165) is 32.4 Å². The molecule has 0 aromatic heterocycles. The fourth-order valence-corrected chi connectivity index (χ4v) is 3.82. The molecule has 0 bridgehead atoms. The molecule has 25 heavy (non-hydrogen) atoms. The van der Waals surface area contributed by atoms with Crippen molar-refractivity contribution in [3.05, 3.63) is 48.0 Å². The predicted molar refractivity (Wildman–Crippen MR) is 99.1 cm³/mol. The summed E-state index contributed by atoms with van der Waals surface area (Å²) in [6.07, 6.45) is 6.70. The number of carbonyl (C=O) groups excluding carboxylic acids is 1. The monoisotopic (exact) mass is 343 g/mol. The standard InChI is InChI=1S/C20H29N3O2/c1-15-11-19(9-10-23(15)13-16-5-3-2-4-6-16)22-20(25)21-18-8-7-17(12-18)14-24/h2-8,15,17-19,24H,9-14H2,1H3,(H2,21,22,25)/t15?,17-,18+,19?/m0/s1. The average molecular weight is 343 g/mol. The van der Waals surface area contributed by atoms with Crippen LogP contribution in [0.1, 0.15) is 31.7 Å². The van der Waals surface area contributed by atoms with Gasteiger partial charge < -0.3 is 15.7 Å². The Labute approximate surface area is 150 Å². The van der Waals surface area contributed by atoms with E-state index in [1.54, 1.807) is 0 Å². The highest BCUT2D eigenvalue weighted by Gasteiger charge is 2.27. The number of hydrogen-bond acceptors (Lipinski definition) is 3. The highest BCUT2D eigenvalue weighted by Crippen LogP contribution is 2.20. The molecule has 136 valence electrons. The van der Waals surface area contributed by atoms with Crippen LogP contribution in [0.3, 0.4) is 0 Å². The second-order valence-electron chi connectivity index (χ2n) is 7.31. The molecule has 4 atom stereocenters. The van der Waals surface area contributed by atoms with Crippen molar-refractivity contribution >= 4 is 6.03 Å². The first-order chi connectivity index (χ1) is 12.1. The molecular weight excluding hydrogens is 314 g/mol. The molecule has 3 rings (SSSR count). The summed E-state index contributed by atoms with van der Waals surface area (Å²) in [5, 5.41) is 15.3. The van der Waals surface area contributed by atoms with Crippen LogP contribution in [-0.4, -0.2) is 47.3 Å². The van der Waals surface area contributed by atoms with Crippen LogP contribution in [0, 0.1) is 5.92 Å². The number of rotatable bonds is 5. The van der Waals surface area contributed by atoms with E-state index in [9.17, 15) is 4.79 Å². The van der Waals surface area contributed by atoms with E-state index in [-0.39, 0.29) is 30.6 Å². The summed E-state index contributed by atoms with van der Waals surface area (Å²) in [4.78, 5) is 14.7. The van der Waals surface area contributed by atoms with E-state index in [0.29, 0.717) is 6.04 Å². The van der Waals surface area contributed by atoms with Gasteiger partial charge in [-0.1, -0.05) is 42.5 Å². The zero-order valence-corrected chi connectivity index (χ0v) is 14.9. The summed E-state index contributed by atoms with van der Waals surface area (Å²) in [5.41, 5.74) is 1.34. The lowest BCUT2D eigenvalue weighted by atomic mass is 9.97. The third-order valence-corrected chi connectivity index (χ3v) is 5.30. The Hall–Kier alpha value is -1.85. The van der Waals surface area contributed by atoms with Gasteiger partial charge in [-0.15, -0.1) is 0 Å². The average Bonchev–Trinajstić information content (AvgIpc) is 3.05. The lowest BCUT2D eigenvalue weighted by Gasteiger charge is -2.38. The van der Waals surface area contributed by atoms with Gasteiger partial charge in [0.25, 0.3) is 0 Å². The molecule has 2 unspecified atom stereocenters. The van der Waals surface area contributed by atoms with Crippen molar-refractivity contribution in [3.63, 3.8) is 0 Å². The van der Waals surface area contributed by atoms with Crippen LogP contribution < -0.4 is 10.6 Å². The Balaban J connectivity index is 1.42. The van der Waals surface area contributed by atoms with Gasteiger partial charge in [0.15, 0.2) is 0 Å². The molecular formula is C20H29N3O2. The minimum Gasteiger partial charge on any atom is -0.396 e. The molecule has 0 radical (unpaired) electrons. The maximum absolute atomic E-state index is 12.2. The normalized spacial score (nSPS) is 29.5. The van der Waals surface area contributed by atoms with Crippen LogP contribution in [0.15, 0.2) is 42.5 Å². The topological polar surface area (TPSA) is 64.6 Å². The number of hydrogen-bond donors (Lipinski definition) is 3. The molecule has 3 N–H and O–H groups in total. The third kappa shape index (κ3) is 5.06. The smallest absolute Gasteiger partial charge is 0.315 e. The maximum atomic E-state index is 12.2. The summed E-state index contributed by atoms with van der Waals surface area (Å²) in [5.74, 6) is 0.173. The number of nitrogens with zero attached hydrogens (tertiary/aromatic N) is 1. The first kappa shape index (κ1) is 18.0. The van der Waals surface area contributed by atoms with Gasteiger partial charge >= 0.3 is 6.03 Å². The van der Waals surface area contributed by atoms with Crippen LogP contribution >= 0.6 is 0 Å². The lowest BCUT2D eigenvalue weighted by Crippen LogP contribution is -2.51. The third-order valence-electron chi connectivity index (χ3n) is 5.30. The molecule has 1 fully saturated rings. The van der Waals surface area contributed by atoms with Crippen molar-refractivity contribution in [2.75, 3.05) is 13.2 Å². The van der Waals surface area contributed by atoms with Gasteiger partial charge in [0.05, 0.1) is 0 Å². The molecule has 1 aromatic rings. The molecule has 1 saturated heterocycles. The number of likely N-dealkylation sites (tertiary alicyclic amines) is 1. The van der Waals surface area contributed by atoms with E-state index < -0.39 is 0 Å². The van der Waals surface area contributed by atoms with Crippen molar-refractivity contribution in [1.29, 1.82) is 0 Å². The largest absolute Gasteiger partial charge is 0.396 e. The van der Waals surface area contributed by atoms with Crippen molar-refractivity contribution in [3.8, 4) is 0 Å². The van der Waals surface area contributed by atoms with Crippen LogP contribution in [-0.2, 0) is 6.54 Å². The molecule has 1 aliphatic carbocycles. The Bertz CT molecular complexity index is 590. The quantitative estimate of drug-likeness (QED) is 0.719. The zero-order chi connectivity index (χ0) is 17.6. The fourth-order valence-electron chi connectivity index (χ4n) is 3.82. The number of nitrogens with one attached hydrogen (secondary N) is 2. The molecule has 1 aromatic carbocycles. The summed E-state index contributed by atoms with van der Waals surface area (Å²) in [6.45, 7) is 4.35. The fraction of sp³-hybridized carbons (Fsp3) is 0.550. The molecule has 1 aliphatic heterocycles. The van der Waals surface area contributed by atoms with Crippen molar-refractivity contribution < 1.29 is 9.90 Å². The molecule has 5 heteroatoms. The summed E-state index contributed by atoms with van der Waals surface area (Å²) >= 11 is 0. The lowest BCUT2D eigenvalue weighted by molar-refractivity contribution is 0.130. The van der Waals surface area contributed by atoms with Crippen molar-refractivity contribution in [1.82, 2.24) is 15.5 Å². The second-order valence-corrected chi connectivity index (χ2v) is 7.31. The number of benzene rings is 1. The minimum absolute atomic E-state index is 0.0349. The van der Waals surface area contributed by atoms with Crippen LogP contribution in [0.4, 0.5) is 4.79 Å². The number of aliphatic hydroxyl groups excluding tert-OH is 1. The molecule has 2 aliphatic rings. The Morgan fingerprint density at radius 1 is 1.20 bits per heavy atom. The summed E-state index contributed by atoms with van der Waals surface area (Å²) < 4.78 is 0. The van der Waals surface area contributed by atoms with E-state index in [2.05, 4.69) is 46.7 Å². The van der Waals surface area contributed by atoms with E-state index in [4.69, 9.17) is 5.11 Å². The molecule has 2 amide bonds. The van der Waals surface area contributed by atoms with E-state index >= 15 is 0 Å². The molecule has 0 saturated carbocycles. The van der Waals surface area contributed by atoms with E-state index in [1.807, 2.05) is 18.2 Å². The molecule has 0 spiro atoms. The zero-order valence-electron chi connectivity index (χ0n) is 14.9. The Morgan fingerprint density at radius 3 is 2.68 bits per heavy atom. The highest BCUT2D eigenvalue weighted by molar-refractivity contribution is 5.75. The van der Waals surface area contributed by atoms with Gasteiger partial charge in [0.1, 0.15) is 0 Å². The number of piperidine rings is 1. The van der Waals surface area contributed by atoms with Crippen molar-refractivity contribution in [2.45, 2.75) is 50.9 Å². The van der Waals surface area contributed by atoms with Crippen LogP contribution in [0.25, 0.3) is 0 Å². The van der Waals surface area contributed by atoms with Gasteiger partial charge in [0, 0.05) is 43.7 Å². The van der Waals surface area contributed by atoms with Gasteiger partial charge in [0.2, 0.25) is 0 Å². The number of aliphatic hydroxyl groups is 1. The maximum Gasteiger partial charge on any atom is 0.315 e. The van der Waals surface area contributed by atoms with Crippen LogP contribution in [0.2, 0.25) is 0 Å². The van der Waals surface area contributed by atoms with Gasteiger partial charge in [-0.3, -0.25) is 4.90 Å².